The Labute approximate surface area is 113 Å². The van der Waals surface area contributed by atoms with Crippen LogP contribution in [0, 0.1) is 5.82 Å². The highest BCUT2D eigenvalue weighted by atomic mass is 19.1. The van der Waals surface area contributed by atoms with Crippen LogP contribution in [0.3, 0.4) is 0 Å². The molecule has 0 aliphatic heterocycles. The van der Waals surface area contributed by atoms with Crippen LogP contribution < -0.4 is 5.73 Å². The highest BCUT2D eigenvalue weighted by Gasteiger charge is 2.18. The Bertz CT molecular complexity index is 694. The zero-order valence-corrected chi connectivity index (χ0v) is 10.5. The lowest BCUT2D eigenvalue weighted by Crippen LogP contribution is -2.14. The summed E-state index contributed by atoms with van der Waals surface area (Å²) in [5.74, 6) is 0.0537. The molecule has 0 amide bonds. The van der Waals surface area contributed by atoms with Gasteiger partial charge in [-0.25, -0.2) is 9.37 Å². The van der Waals surface area contributed by atoms with E-state index >= 15 is 0 Å². The minimum Gasteiger partial charge on any atom is -0.348 e. The average molecular weight is 273 g/mol. The second-order valence-electron chi connectivity index (χ2n) is 4.32. The average Bonchev–Trinajstić information content (AvgIpc) is 3.10. The first-order valence-electron chi connectivity index (χ1n) is 6.05. The maximum Gasteiger partial charge on any atom is 0.244 e. The molecular formula is C13H12FN5O. The fourth-order valence-corrected chi connectivity index (χ4v) is 1.86. The Morgan fingerprint density at radius 3 is 2.95 bits per heavy atom. The number of hydrogen-bond acceptors (Lipinski definition) is 5. The number of aromatic amines is 1. The van der Waals surface area contributed by atoms with Crippen LogP contribution in [0.1, 0.15) is 17.6 Å². The predicted octanol–water partition coefficient (Wildman–Crippen LogP) is 1.84. The van der Waals surface area contributed by atoms with Crippen molar-refractivity contribution in [3.8, 4) is 11.4 Å². The molecule has 0 radical (unpaired) electrons. The van der Waals surface area contributed by atoms with Crippen molar-refractivity contribution in [2.75, 3.05) is 0 Å². The van der Waals surface area contributed by atoms with E-state index in [1.807, 2.05) is 0 Å². The molecule has 0 bridgehead atoms. The molecule has 0 spiro atoms. The summed E-state index contributed by atoms with van der Waals surface area (Å²) in [5, 5.41) is 3.77. The predicted molar refractivity (Wildman–Crippen MR) is 68.9 cm³/mol. The summed E-state index contributed by atoms with van der Waals surface area (Å²) in [6.45, 7) is 0. The van der Waals surface area contributed by atoms with Crippen molar-refractivity contribution in [3.63, 3.8) is 0 Å². The van der Waals surface area contributed by atoms with Gasteiger partial charge in [0.1, 0.15) is 5.82 Å². The second kappa shape index (κ2) is 5.22. The summed E-state index contributed by atoms with van der Waals surface area (Å²) in [5.41, 5.74) is 7.13. The van der Waals surface area contributed by atoms with Crippen molar-refractivity contribution in [3.05, 3.63) is 54.2 Å². The molecule has 3 rings (SSSR count). The van der Waals surface area contributed by atoms with E-state index in [-0.39, 0.29) is 17.3 Å². The smallest absolute Gasteiger partial charge is 0.244 e. The Balaban J connectivity index is 1.81. The summed E-state index contributed by atoms with van der Waals surface area (Å²) in [6.07, 6.45) is 3.73. The third kappa shape index (κ3) is 2.43. The van der Waals surface area contributed by atoms with E-state index in [0.29, 0.717) is 6.42 Å². The largest absolute Gasteiger partial charge is 0.348 e. The first kappa shape index (κ1) is 12.5. The van der Waals surface area contributed by atoms with Crippen LogP contribution in [0.2, 0.25) is 0 Å². The van der Waals surface area contributed by atoms with Crippen molar-refractivity contribution in [1.82, 2.24) is 20.1 Å². The summed E-state index contributed by atoms with van der Waals surface area (Å²) in [4.78, 5) is 11.0. The van der Waals surface area contributed by atoms with Gasteiger partial charge in [0, 0.05) is 18.3 Å². The minimum atomic E-state index is -0.469. The van der Waals surface area contributed by atoms with Gasteiger partial charge in [0.05, 0.1) is 17.9 Å². The van der Waals surface area contributed by atoms with Crippen LogP contribution in [0.5, 0.6) is 0 Å². The molecule has 0 saturated carbocycles. The molecule has 3 N–H and O–H groups in total. The van der Waals surface area contributed by atoms with Crippen molar-refractivity contribution < 1.29 is 8.91 Å². The number of rotatable bonds is 4. The van der Waals surface area contributed by atoms with Crippen LogP contribution in [-0.2, 0) is 6.42 Å². The molecular weight excluding hydrogens is 261 g/mol. The standard InChI is InChI=1S/C13H12FN5O/c14-10-4-2-1-3-9(10)12-18-13(20-19-12)11(15)5-8-6-16-7-17-8/h1-4,6-7,11H,5,15H2,(H,16,17)/t11-/m1/s1. The van der Waals surface area contributed by atoms with Gasteiger partial charge in [-0.05, 0) is 12.1 Å². The van der Waals surface area contributed by atoms with Gasteiger partial charge in [0.15, 0.2) is 0 Å². The molecule has 20 heavy (non-hydrogen) atoms. The molecule has 0 fully saturated rings. The summed E-state index contributed by atoms with van der Waals surface area (Å²) >= 11 is 0. The van der Waals surface area contributed by atoms with Gasteiger partial charge in [-0.2, -0.15) is 4.98 Å². The lowest BCUT2D eigenvalue weighted by molar-refractivity contribution is 0.353. The second-order valence-corrected chi connectivity index (χ2v) is 4.32. The summed E-state index contributed by atoms with van der Waals surface area (Å²) in [6, 6.07) is 5.77. The van der Waals surface area contributed by atoms with Gasteiger partial charge < -0.3 is 15.2 Å². The molecule has 2 heterocycles. The molecule has 6 nitrogen and oxygen atoms in total. The third-order valence-corrected chi connectivity index (χ3v) is 2.87. The third-order valence-electron chi connectivity index (χ3n) is 2.87. The number of nitrogens with one attached hydrogen (secondary N) is 1. The van der Waals surface area contributed by atoms with E-state index in [9.17, 15) is 4.39 Å². The Kier molecular flexibility index (Phi) is 3.26. The minimum absolute atomic E-state index is 0.193. The number of halogens is 1. The molecule has 1 atom stereocenters. The van der Waals surface area contributed by atoms with E-state index in [4.69, 9.17) is 10.3 Å². The van der Waals surface area contributed by atoms with Crippen molar-refractivity contribution >= 4 is 0 Å². The number of nitrogens with zero attached hydrogens (tertiary/aromatic N) is 3. The quantitative estimate of drug-likeness (QED) is 0.756. The molecule has 3 aromatic rings. The van der Waals surface area contributed by atoms with Gasteiger partial charge in [0.25, 0.3) is 0 Å². The van der Waals surface area contributed by atoms with Crippen LogP contribution in [0.4, 0.5) is 4.39 Å². The summed E-state index contributed by atoms with van der Waals surface area (Å²) in [7, 11) is 0. The lowest BCUT2D eigenvalue weighted by Gasteiger charge is -2.03. The number of nitrogens with two attached hydrogens (primary N) is 1. The Morgan fingerprint density at radius 1 is 1.35 bits per heavy atom. The number of H-pyrrole nitrogens is 1. The summed E-state index contributed by atoms with van der Waals surface area (Å²) < 4.78 is 18.7. The fraction of sp³-hybridized carbons (Fsp3) is 0.154. The zero-order chi connectivity index (χ0) is 13.9. The van der Waals surface area contributed by atoms with Gasteiger partial charge >= 0.3 is 0 Å². The number of hydrogen-bond donors (Lipinski definition) is 2. The molecule has 0 aliphatic rings. The van der Waals surface area contributed by atoms with Crippen molar-refractivity contribution in [2.45, 2.75) is 12.5 Å². The Hall–Kier alpha value is -2.54. The van der Waals surface area contributed by atoms with Gasteiger partial charge in [-0.3, -0.25) is 0 Å². The van der Waals surface area contributed by atoms with Gasteiger partial charge in [0.2, 0.25) is 11.7 Å². The molecule has 1 aromatic carbocycles. The molecule has 7 heteroatoms. The monoisotopic (exact) mass is 273 g/mol. The van der Waals surface area contributed by atoms with E-state index in [0.717, 1.165) is 5.69 Å². The van der Waals surface area contributed by atoms with Gasteiger partial charge in [-0.1, -0.05) is 17.3 Å². The van der Waals surface area contributed by atoms with E-state index in [1.165, 1.54) is 6.07 Å². The first-order chi connectivity index (χ1) is 9.74. The van der Waals surface area contributed by atoms with E-state index in [1.54, 1.807) is 30.7 Å². The Morgan fingerprint density at radius 2 is 2.20 bits per heavy atom. The number of aromatic nitrogens is 4. The molecule has 0 unspecified atom stereocenters. The van der Waals surface area contributed by atoms with Gasteiger partial charge in [-0.15, -0.1) is 0 Å². The van der Waals surface area contributed by atoms with Crippen LogP contribution >= 0.6 is 0 Å². The first-order valence-corrected chi connectivity index (χ1v) is 6.05. The van der Waals surface area contributed by atoms with E-state index < -0.39 is 11.9 Å². The highest BCUT2D eigenvalue weighted by molar-refractivity contribution is 5.54. The molecule has 0 saturated heterocycles. The van der Waals surface area contributed by atoms with Crippen molar-refractivity contribution in [2.24, 2.45) is 5.73 Å². The number of imidazole rings is 1. The van der Waals surface area contributed by atoms with Crippen molar-refractivity contribution in [1.29, 1.82) is 0 Å². The van der Waals surface area contributed by atoms with Crippen LogP contribution in [0.25, 0.3) is 11.4 Å². The highest BCUT2D eigenvalue weighted by Crippen LogP contribution is 2.21. The SMILES string of the molecule is N[C@H](Cc1cnc[nH]1)c1nc(-c2ccccc2F)no1. The fourth-order valence-electron chi connectivity index (χ4n) is 1.86. The topological polar surface area (TPSA) is 93.6 Å². The zero-order valence-electron chi connectivity index (χ0n) is 10.5. The maximum absolute atomic E-state index is 13.6. The lowest BCUT2D eigenvalue weighted by atomic mass is 10.2. The maximum atomic E-state index is 13.6. The number of benzene rings is 1. The van der Waals surface area contributed by atoms with E-state index in [2.05, 4.69) is 20.1 Å². The van der Waals surface area contributed by atoms with Crippen LogP contribution in [0.15, 0.2) is 41.3 Å². The molecule has 2 aromatic heterocycles. The molecule has 0 aliphatic carbocycles. The molecule has 102 valence electrons. The van der Waals surface area contributed by atoms with Crippen LogP contribution in [-0.4, -0.2) is 20.1 Å². The normalized spacial score (nSPS) is 12.5.